The summed E-state index contributed by atoms with van der Waals surface area (Å²) in [6.07, 6.45) is 4.59. The summed E-state index contributed by atoms with van der Waals surface area (Å²) in [4.78, 5) is 8.73. The lowest BCUT2D eigenvalue weighted by Crippen LogP contribution is -2.15. The molecule has 1 fully saturated rings. The average Bonchev–Trinajstić information content (AvgIpc) is 3.09. The number of rotatable bonds is 5. The van der Waals surface area contributed by atoms with Gasteiger partial charge in [-0.1, -0.05) is 5.16 Å². The molecule has 0 aromatic carbocycles. The fourth-order valence-corrected chi connectivity index (χ4v) is 2.95. The van der Waals surface area contributed by atoms with Crippen molar-refractivity contribution in [1.29, 1.82) is 0 Å². The molecule has 1 aliphatic heterocycles. The van der Waals surface area contributed by atoms with Crippen LogP contribution in [0, 0.1) is 0 Å². The van der Waals surface area contributed by atoms with Gasteiger partial charge in [-0.3, -0.25) is 0 Å². The van der Waals surface area contributed by atoms with Gasteiger partial charge >= 0.3 is 0 Å². The summed E-state index contributed by atoms with van der Waals surface area (Å²) >= 11 is 1.48. The zero-order valence-corrected chi connectivity index (χ0v) is 12.1. The molecule has 3 rings (SSSR count). The van der Waals surface area contributed by atoms with Crippen molar-refractivity contribution >= 4 is 16.5 Å². The van der Waals surface area contributed by atoms with E-state index in [4.69, 9.17) is 15.0 Å². The Morgan fingerprint density at radius 1 is 1.25 bits per heavy atom. The number of nitrogens with two attached hydrogens (primary N) is 1. The number of aromatic nitrogens is 3. The number of ether oxygens (including phenoxy) is 1. The van der Waals surface area contributed by atoms with E-state index in [-0.39, 0.29) is 0 Å². The number of nitrogens with zero attached hydrogens (tertiary/aromatic N) is 3. The SMILES string of the molecule is Nc1nc(CCCc2nc(C3CCOCC3)no2)cs1. The molecular formula is C13H18N4O2S. The smallest absolute Gasteiger partial charge is 0.226 e. The van der Waals surface area contributed by atoms with E-state index < -0.39 is 0 Å². The molecule has 2 aromatic rings. The Labute approximate surface area is 121 Å². The second-order valence-electron chi connectivity index (χ2n) is 4.96. The van der Waals surface area contributed by atoms with Gasteiger partial charge in [-0.2, -0.15) is 4.98 Å². The first-order valence-corrected chi connectivity index (χ1v) is 7.79. The maximum Gasteiger partial charge on any atom is 0.226 e. The van der Waals surface area contributed by atoms with Crippen LogP contribution >= 0.6 is 11.3 Å². The summed E-state index contributed by atoms with van der Waals surface area (Å²) in [6, 6.07) is 0. The van der Waals surface area contributed by atoms with Crippen molar-refractivity contribution in [3.8, 4) is 0 Å². The predicted molar refractivity (Wildman–Crippen MR) is 75.6 cm³/mol. The zero-order chi connectivity index (χ0) is 13.8. The van der Waals surface area contributed by atoms with Gasteiger partial charge in [0.25, 0.3) is 0 Å². The number of aryl methyl sites for hydroxylation is 2. The largest absolute Gasteiger partial charge is 0.381 e. The highest BCUT2D eigenvalue weighted by Crippen LogP contribution is 2.24. The van der Waals surface area contributed by atoms with Crippen LogP contribution in [0.3, 0.4) is 0 Å². The molecule has 0 atom stereocenters. The van der Waals surface area contributed by atoms with Crippen LogP contribution in [0.4, 0.5) is 5.13 Å². The topological polar surface area (TPSA) is 87.1 Å². The molecule has 108 valence electrons. The molecule has 0 spiro atoms. The summed E-state index contributed by atoms with van der Waals surface area (Å²) in [5.41, 5.74) is 6.64. The van der Waals surface area contributed by atoms with E-state index >= 15 is 0 Å². The standard InChI is InChI=1S/C13H18N4O2S/c14-13-15-10(8-20-13)2-1-3-11-16-12(17-19-11)9-4-6-18-7-5-9/h8-9H,1-7H2,(H2,14,15). The molecule has 3 heterocycles. The number of anilines is 1. The Balaban J connectivity index is 1.49. The molecule has 7 heteroatoms. The van der Waals surface area contributed by atoms with Gasteiger partial charge in [-0.15, -0.1) is 11.3 Å². The van der Waals surface area contributed by atoms with E-state index in [2.05, 4.69) is 15.1 Å². The number of hydrogen-bond donors (Lipinski definition) is 1. The Bertz CT molecular complexity index is 548. The van der Waals surface area contributed by atoms with E-state index in [1.165, 1.54) is 11.3 Å². The van der Waals surface area contributed by atoms with Gasteiger partial charge in [-0.25, -0.2) is 4.98 Å². The molecule has 2 N–H and O–H groups in total. The molecule has 0 saturated carbocycles. The van der Waals surface area contributed by atoms with Crippen LogP contribution in [0.15, 0.2) is 9.90 Å². The third-order valence-electron chi connectivity index (χ3n) is 3.46. The van der Waals surface area contributed by atoms with Crippen LogP contribution < -0.4 is 5.73 Å². The highest BCUT2D eigenvalue weighted by atomic mass is 32.1. The van der Waals surface area contributed by atoms with Crippen LogP contribution in [0.1, 0.15) is 42.6 Å². The summed E-state index contributed by atoms with van der Waals surface area (Å²) in [5.74, 6) is 1.94. The van der Waals surface area contributed by atoms with Crippen molar-refractivity contribution < 1.29 is 9.26 Å². The van der Waals surface area contributed by atoms with E-state index in [9.17, 15) is 0 Å². The van der Waals surface area contributed by atoms with Gasteiger partial charge < -0.3 is 15.0 Å². The zero-order valence-electron chi connectivity index (χ0n) is 11.2. The summed E-state index contributed by atoms with van der Waals surface area (Å²) in [7, 11) is 0. The fourth-order valence-electron chi connectivity index (χ4n) is 2.35. The quantitative estimate of drug-likeness (QED) is 0.909. The normalized spacial score (nSPS) is 16.6. The average molecular weight is 294 g/mol. The third-order valence-corrected chi connectivity index (χ3v) is 4.19. The number of thiazole rings is 1. The maximum atomic E-state index is 5.60. The Hall–Kier alpha value is -1.47. The van der Waals surface area contributed by atoms with Crippen LogP contribution in [0.5, 0.6) is 0 Å². The van der Waals surface area contributed by atoms with Gasteiger partial charge in [0.15, 0.2) is 11.0 Å². The number of hydrogen-bond acceptors (Lipinski definition) is 7. The Kier molecular flexibility index (Phi) is 4.27. The van der Waals surface area contributed by atoms with Crippen LogP contribution in [0.2, 0.25) is 0 Å². The third kappa shape index (κ3) is 3.34. The van der Waals surface area contributed by atoms with E-state index in [1.54, 1.807) is 0 Å². The van der Waals surface area contributed by atoms with Crippen LogP contribution in [0.25, 0.3) is 0 Å². The molecule has 0 radical (unpaired) electrons. The lowest BCUT2D eigenvalue weighted by Gasteiger charge is -2.18. The first kappa shape index (κ1) is 13.5. The molecule has 1 aliphatic rings. The molecule has 20 heavy (non-hydrogen) atoms. The lowest BCUT2D eigenvalue weighted by atomic mass is 10.00. The first-order chi connectivity index (χ1) is 9.81. The van der Waals surface area contributed by atoms with Gasteiger partial charge in [0.1, 0.15) is 0 Å². The predicted octanol–water partition coefficient (Wildman–Crippen LogP) is 2.18. The molecule has 6 nitrogen and oxygen atoms in total. The van der Waals surface area contributed by atoms with Gasteiger partial charge in [-0.05, 0) is 25.7 Å². The summed E-state index contributed by atoms with van der Waals surface area (Å²) in [6.45, 7) is 1.58. The van der Waals surface area contributed by atoms with Crippen LogP contribution in [-0.4, -0.2) is 28.3 Å². The van der Waals surface area contributed by atoms with E-state index in [0.717, 1.165) is 62.7 Å². The Morgan fingerprint density at radius 3 is 2.85 bits per heavy atom. The van der Waals surface area contributed by atoms with Gasteiger partial charge in [0.2, 0.25) is 5.89 Å². The van der Waals surface area contributed by atoms with E-state index in [1.807, 2.05) is 5.38 Å². The minimum atomic E-state index is 0.389. The monoisotopic (exact) mass is 294 g/mol. The lowest BCUT2D eigenvalue weighted by molar-refractivity contribution is 0.0830. The molecule has 0 aliphatic carbocycles. The van der Waals surface area contributed by atoms with Crippen molar-refractivity contribution in [3.05, 3.63) is 22.8 Å². The van der Waals surface area contributed by atoms with E-state index in [0.29, 0.717) is 11.0 Å². The summed E-state index contributed by atoms with van der Waals surface area (Å²) in [5, 5.41) is 6.72. The minimum absolute atomic E-state index is 0.389. The highest BCUT2D eigenvalue weighted by Gasteiger charge is 2.21. The molecule has 0 bridgehead atoms. The van der Waals surface area contributed by atoms with Crippen molar-refractivity contribution in [2.45, 2.75) is 38.0 Å². The van der Waals surface area contributed by atoms with Crippen LogP contribution in [-0.2, 0) is 17.6 Å². The molecule has 1 saturated heterocycles. The molecule has 0 unspecified atom stereocenters. The van der Waals surface area contributed by atoms with Gasteiger partial charge in [0.05, 0.1) is 5.69 Å². The second-order valence-corrected chi connectivity index (χ2v) is 5.85. The highest BCUT2D eigenvalue weighted by molar-refractivity contribution is 7.13. The maximum absolute atomic E-state index is 5.60. The fraction of sp³-hybridized carbons (Fsp3) is 0.615. The molecule has 2 aromatic heterocycles. The first-order valence-electron chi connectivity index (χ1n) is 6.91. The Morgan fingerprint density at radius 2 is 2.10 bits per heavy atom. The minimum Gasteiger partial charge on any atom is -0.381 e. The number of nitrogen functional groups attached to an aromatic ring is 1. The van der Waals surface area contributed by atoms with Crippen molar-refractivity contribution in [3.63, 3.8) is 0 Å². The van der Waals surface area contributed by atoms with Crippen molar-refractivity contribution in [2.24, 2.45) is 0 Å². The van der Waals surface area contributed by atoms with Crippen molar-refractivity contribution in [1.82, 2.24) is 15.1 Å². The molecule has 0 amide bonds. The van der Waals surface area contributed by atoms with Gasteiger partial charge in [0, 0.05) is 30.9 Å². The summed E-state index contributed by atoms with van der Waals surface area (Å²) < 4.78 is 10.7. The van der Waals surface area contributed by atoms with Crippen molar-refractivity contribution in [2.75, 3.05) is 18.9 Å². The second kappa shape index (κ2) is 6.32. The molecular weight excluding hydrogens is 276 g/mol.